The van der Waals surface area contributed by atoms with Crippen LogP contribution >= 0.6 is 23.4 Å². The highest BCUT2D eigenvalue weighted by Crippen LogP contribution is 2.32. The van der Waals surface area contributed by atoms with Crippen LogP contribution in [0.5, 0.6) is 0 Å². The molecule has 1 aliphatic rings. The number of carbonyl (C=O) groups excluding carboxylic acids is 1. The molecule has 1 saturated heterocycles. The number of halogens is 1. The Morgan fingerprint density at radius 1 is 1.07 bits per heavy atom. The van der Waals surface area contributed by atoms with Crippen molar-refractivity contribution in [3.63, 3.8) is 0 Å². The van der Waals surface area contributed by atoms with Crippen LogP contribution in [0.25, 0.3) is 17.4 Å². The molecule has 1 amide bonds. The van der Waals surface area contributed by atoms with Crippen LogP contribution in [0.15, 0.2) is 68.9 Å². The molecule has 2 aromatic carbocycles. The van der Waals surface area contributed by atoms with Gasteiger partial charge in [0.1, 0.15) is 11.5 Å². The van der Waals surface area contributed by atoms with Gasteiger partial charge in [0.2, 0.25) is 0 Å². The Morgan fingerprint density at radius 3 is 2.64 bits per heavy atom. The summed E-state index contributed by atoms with van der Waals surface area (Å²) in [6.07, 6.45) is 1.72. The molecule has 4 rings (SSSR count). The second-order valence-corrected chi connectivity index (χ2v) is 7.95. The molecular formula is C22H17ClN2O2S. The van der Waals surface area contributed by atoms with Crippen LogP contribution in [0.3, 0.4) is 0 Å². The molecule has 1 aromatic heterocycles. The van der Waals surface area contributed by atoms with E-state index in [9.17, 15) is 4.79 Å². The zero-order valence-corrected chi connectivity index (χ0v) is 16.9. The van der Waals surface area contributed by atoms with E-state index < -0.39 is 0 Å². The molecule has 4 nitrogen and oxygen atoms in total. The second-order valence-electron chi connectivity index (χ2n) is 6.48. The summed E-state index contributed by atoms with van der Waals surface area (Å²) in [5.74, 6) is 1.13. The smallest absolute Gasteiger partial charge is 0.264 e. The van der Waals surface area contributed by atoms with Gasteiger partial charge in [0.25, 0.3) is 5.91 Å². The summed E-state index contributed by atoms with van der Waals surface area (Å²) < 4.78 is 5.91. The molecule has 0 radical (unpaired) electrons. The van der Waals surface area contributed by atoms with Crippen LogP contribution in [-0.2, 0) is 4.79 Å². The molecule has 0 unspecified atom stereocenters. The minimum atomic E-state index is -0.187. The van der Waals surface area contributed by atoms with Gasteiger partial charge in [-0.1, -0.05) is 35.4 Å². The molecule has 0 saturated carbocycles. The molecule has 0 aliphatic carbocycles. The fourth-order valence-corrected chi connectivity index (χ4v) is 3.78. The molecular weight excluding hydrogens is 392 g/mol. The van der Waals surface area contributed by atoms with E-state index >= 15 is 0 Å². The third-order valence-corrected chi connectivity index (χ3v) is 5.43. The monoisotopic (exact) mass is 408 g/mol. The highest BCUT2D eigenvalue weighted by molar-refractivity contribution is 8.18. The summed E-state index contributed by atoms with van der Waals surface area (Å²) >= 11 is 7.39. The van der Waals surface area contributed by atoms with Gasteiger partial charge in [0, 0.05) is 16.7 Å². The lowest BCUT2D eigenvalue weighted by molar-refractivity contribution is -0.115. The number of carbonyl (C=O) groups is 1. The SMILES string of the molecule is Cc1ccc(N=C2NC(=O)/C(=C\c3ccc(-c4cc(Cl)ccc4C)o3)S2)cc1. The summed E-state index contributed by atoms with van der Waals surface area (Å²) in [5, 5.41) is 3.99. The highest BCUT2D eigenvalue weighted by atomic mass is 35.5. The maximum absolute atomic E-state index is 12.3. The zero-order valence-electron chi connectivity index (χ0n) is 15.3. The number of amidine groups is 1. The molecule has 1 aliphatic heterocycles. The molecule has 1 N–H and O–H groups in total. The summed E-state index contributed by atoms with van der Waals surface area (Å²) in [4.78, 5) is 17.3. The van der Waals surface area contributed by atoms with Crippen molar-refractivity contribution < 1.29 is 9.21 Å². The Morgan fingerprint density at radius 2 is 1.86 bits per heavy atom. The van der Waals surface area contributed by atoms with Crippen molar-refractivity contribution in [2.45, 2.75) is 13.8 Å². The highest BCUT2D eigenvalue weighted by Gasteiger charge is 2.24. The van der Waals surface area contributed by atoms with Crippen molar-refractivity contribution in [2.75, 3.05) is 0 Å². The zero-order chi connectivity index (χ0) is 19.7. The maximum atomic E-state index is 12.3. The van der Waals surface area contributed by atoms with Crippen LogP contribution in [0.4, 0.5) is 5.69 Å². The molecule has 0 atom stereocenters. The molecule has 2 heterocycles. The Hall–Kier alpha value is -2.76. The lowest BCUT2D eigenvalue weighted by Gasteiger charge is -2.02. The van der Waals surface area contributed by atoms with E-state index in [0.29, 0.717) is 26.6 Å². The number of hydrogen-bond acceptors (Lipinski definition) is 4. The van der Waals surface area contributed by atoms with Gasteiger partial charge < -0.3 is 9.73 Å². The average molecular weight is 409 g/mol. The van der Waals surface area contributed by atoms with E-state index in [2.05, 4.69) is 10.3 Å². The first-order valence-electron chi connectivity index (χ1n) is 8.70. The third kappa shape index (κ3) is 4.06. The van der Waals surface area contributed by atoms with Gasteiger partial charge in [0.15, 0.2) is 5.17 Å². The standard InChI is InChI=1S/C22H17ClN2O2S/c1-13-3-7-16(8-4-13)24-22-25-21(26)20(28-22)12-17-9-10-19(27-17)18-11-15(23)6-5-14(18)2/h3-12H,1-2H3,(H,24,25,26)/b20-12+. The lowest BCUT2D eigenvalue weighted by Crippen LogP contribution is -2.19. The van der Waals surface area contributed by atoms with Gasteiger partial charge >= 0.3 is 0 Å². The molecule has 6 heteroatoms. The molecule has 140 valence electrons. The van der Waals surface area contributed by atoms with Gasteiger partial charge in [0.05, 0.1) is 10.6 Å². The second kappa shape index (κ2) is 7.70. The van der Waals surface area contributed by atoms with Crippen LogP contribution < -0.4 is 5.32 Å². The minimum absolute atomic E-state index is 0.187. The normalized spacial score (nSPS) is 16.8. The number of benzene rings is 2. The molecule has 3 aromatic rings. The summed E-state index contributed by atoms with van der Waals surface area (Å²) in [6, 6.07) is 17.2. The predicted octanol–water partition coefficient (Wildman–Crippen LogP) is 6.11. The molecule has 28 heavy (non-hydrogen) atoms. The maximum Gasteiger partial charge on any atom is 0.264 e. The Labute approximate surface area is 172 Å². The number of aryl methyl sites for hydroxylation is 2. The Balaban J connectivity index is 1.56. The van der Waals surface area contributed by atoms with Crippen LogP contribution in [0.1, 0.15) is 16.9 Å². The van der Waals surface area contributed by atoms with E-state index in [1.165, 1.54) is 11.8 Å². The van der Waals surface area contributed by atoms with Gasteiger partial charge in [-0.25, -0.2) is 4.99 Å². The van der Waals surface area contributed by atoms with Crippen molar-refractivity contribution in [3.05, 3.63) is 81.4 Å². The first-order valence-corrected chi connectivity index (χ1v) is 9.90. The summed E-state index contributed by atoms with van der Waals surface area (Å²) in [6.45, 7) is 4.02. The first-order chi connectivity index (χ1) is 13.5. The van der Waals surface area contributed by atoms with Crippen molar-refractivity contribution in [1.29, 1.82) is 0 Å². The lowest BCUT2D eigenvalue weighted by atomic mass is 10.1. The van der Waals surface area contributed by atoms with E-state index in [0.717, 1.165) is 22.4 Å². The Bertz CT molecular complexity index is 1110. The number of furan rings is 1. The number of aliphatic imine (C=N–C) groups is 1. The van der Waals surface area contributed by atoms with E-state index in [1.807, 2.05) is 68.4 Å². The summed E-state index contributed by atoms with van der Waals surface area (Å²) in [5.41, 5.74) is 3.96. The number of nitrogens with zero attached hydrogens (tertiary/aromatic N) is 1. The minimum Gasteiger partial charge on any atom is -0.457 e. The van der Waals surface area contributed by atoms with Crippen LogP contribution in [-0.4, -0.2) is 11.1 Å². The molecule has 0 bridgehead atoms. The number of amides is 1. The van der Waals surface area contributed by atoms with Gasteiger partial charge in [-0.05, 0) is 67.6 Å². The quantitative estimate of drug-likeness (QED) is 0.532. The van der Waals surface area contributed by atoms with Crippen LogP contribution in [0.2, 0.25) is 5.02 Å². The molecule has 0 spiro atoms. The van der Waals surface area contributed by atoms with Crippen LogP contribution in [0, 0.1) is 13.8 Å². The number of nitrogens with one attached hydrogen (secondary N) is 1. The van der Waals surface area contributed by atoms with E-state index in [1.54, 1.807) is 6.08 Å². The van der Waals surface area contributed by atoms with E-state index in [-0.39, 0.29) is 5.91 Å². The first kappa shape index (κ1) is 18.6. The fourth-order valence-electron chi connectivity index (χ4n) is 2.78. The van der Waals surface area contributed by atoms with Crippen molar-refractivity contribution in [1.82, 2.24) is 5.32 Å². The largest absolute Gasteiger partial charge is 0.457 e. The number of hydrogen-bond donors (Lipinski definition) is 1. The van der Waals surface area contributed by atoms with Gasteiger partial charge in [-0.2, -0.15) is 0 Å². The fraction of sp³-hybridized carbons (Fsp3) is 0.0909. The summed E-state index contributed by atoms with van der Waals surface area (Å²) in [7, 11) is 0. The topological polar surface area (TPSA) is 54.6 Å². The van der Waals surface area contributed by atoms with Crippen molar-refractivity contribution in [2.24, 2.45) is 4.99 Å². The number of thioether (sulfide) groups is 1. The molecule has 1 fully saturated rings. The average Bonchev–Trinajstić information content (AvgIpc) is 3.26. The third-order valence-electron chi connectivity index (χ3n) is 4.28. The van der Waals surface area contributed by atoms with Gasteiger partial charge in [-0.3, -0.25) is 4.79 Å². The van der Waals surface area contributed by atoms with Crippen molar-refractivity contribution in [3.8, 4) is 11.3 Å². The van der Waals surface area contributed by atoms with Gasteiger partial charge in [-0.15, -0.1) is 0 Å². The van der Waals surface area contributed by atoms with Crippen molar-refractivity contribution >= 4 is 46.2 Å². The van der Waals surface area contributed by atoms with E-state index in [4.69, 9.17) is 16.0 Å². The Kier molecular flexibility index (Phi) is 5.11. The predicted molar refractivity (Wildman–Crippen MR) is 116 cm³/mol. The number of rotatable bonds is 3.